The van der Waals surface area contributed by atoms with Crippen LogP contribution in [-0.2, 0) is 5.41 Å². The fourth-order valence-electron chi connectivity index (χ4n) is 5.20. The van der Waals surface area contributed by atoms with E-state index in [2.05, 4.69) is 83.0 Å². The topological polar surface area (TPSA) is 107 Å². The molecule has 3 heterocycles. The Bertz CT molecular complexity index is 1790. The maximum absolute atomic E-state index is 12.0. The molecule has 2 N–H and O–H groups in total. The molecule has 1 aliphatic rings. The number of aromatic amines is 2. The Morgan fingerprint density at radius 3 is 2.55 bits per heavy atom. The van der Waals surface area contributed by atoms with Crippen LogP contribution in [0, 0.1) is 0 Å². The number of nitrogens with one attached hydrogen (secondary N) is 2. The summed E-state index contributed by atoms with van der Waals surface area (Å²) in [5.41, 5.74) is 5.41. The van der Waals surface area contributed by atoms with E-state index in [-0.39, 0.29) is 11.0 Å². The Kier molecular flexibility index (Phi) is 6.67. The molecule has 9 heteroatoms. The Hall–Kier alpha value is -4.37. The number of ether oxygens (including phenoxy) is 1. The van der Waals surface area contributed by atoms with Crippen molar-refractivity contribution in [3.63, 3.8) is 0 Å². The molecule has 2 aromatic heterocycles. The van der Waals surface area contributed by atoms with Crippen LogP contribution in [-0.4, -0.2) is 59.2 Å². The van der Waals surface area contributed by atoms with Crippen LogP contribution < -0.4 is 21.0 Å². The van der Waals surface area contributed by atoms with Crippen molar-refractivity contribution in [1.29, 1.82) is 0 Å². The molecule has 9 nitrogen and oxygen atoms in total. The van der Waals surface area contributed by atoms with Gasteiger partial charge in [-0.25, -0.2) is 9.78 Å². The van der Waals surface area contributed by atoms with Gasteiger partial charge in [0.2, 0.25) is 0 Å². The molecular weight excluding hydrogens is 506 g/mol. The molecule has 0 radical (unpaired) electrons. The standard InChI is InChI=1S/C31H33N5O4/c1-31(2,3)21-7-4-6-20(18-21)28-32-24-8-5-9-25(27(24)33-28)36-14-12-35(13-15-36)16-17-39-22-10-11-26-23(19-22)29(37)34-30(38)40-26/h4-11,18-19H,12-17H2,1-3H3,(H,32,33)(H,34,37,38). The monoisotopic (exact) mass is 539 g/mol. The molecule has 5 aromatic rings. The Morgan fingerprint density at radius 1 is 0.950 bits per heavy atom. The van der Waals surface area contributed by atoms with Gasteiger partial charge in [-0.15, -0.1) is 0 Å². The first kappa shape index (κ1) is 25.9. The molecule has 1 aliphatic heterocycles. The van der Waals surface area contributed by atoms with Crippen molar-refractivity contribution in [2.24, 2.45) is 0 Å². The Labute approximate surface area is 231 Å². The average molecular weight is 540 g/mol. The first-order valence-electron chi connectivity index (χ1n) is 13.6. The van der Waals surface area contributed by atoms with Crippen molar-refractivity contribution in [3.8, 4) is 17.1 Å². The van der Waals surface area contributed by atoms with Gasteiger partial charge in [0.25, 0.3) is 5.56 Å². The number of rotatable bonds is 6. The molecule has 0 atom stereocenters. The number of hydrogen-bond acceptors (Lipinski definition) is 7. The number of imidazole rings is 1. The summed E-state index contributed by atoms with van der Waals surface area (Å²) in [4.78, 5) is 38.9. The number of aromatic nitrogens is 3. The largest absolute Gasteiger partial charge is 0.492 e. The molecule has 0 saturated carbocycles. The third-order valence-corrected chi connectivity index (χ3v) is 7.50. The van der Waals surface area contributed by atoms with Crippen LogP contribution in [0.4, 0.5) is 5.69 Å². The van der Waals surface area contributed by atoms with Crippen molar-refractivity contribution < 1.29 is 9.15 Å². The van der Waals surface area contributed by atoms with E-state index in [1.165, 1.54) is 5.56 Å². The van der Waals surface area contributed by atoms with Crippen LogP contribution in [0.2, 0.25) is 0 Å². The zero-order valence-corrected chi connectivity index (χ0v) is 23.0. The second kappa shape index (κ2) is 10.3. The maximum Gasteiger partial charge on any atom is 0.419 e. The highest BCUT2D eigenvalue weighted by atomic mass is 16.5. The van der Waals surface area contributed by atoms with Crippen LogP contribution >= 0.6 is 0 Å². The molecule has 0 bridgehead atoms. The molecule has 1 fully saturated rings. The quantitative estimate of drug-likeness (QED) is 0.327. The van der Waals surface area contributed by atoms with E-state index >= 15 is 0 Å². The first-order chi connectivity index (χ1) is 19.2. The minimum absolute atomic E-state index is 0.0750. The lowest BCUT2D eigenvalue weighted by Crippen LogP contribution is -2.47. The highest BCUT2D eigenvalue weighted by Gasteiger charge is 2.21. The van der Waals surface area contributed by atoms with Crippen LogP contribution in [0.25, 0.3) is 33.4 Å². The molecule has 0 aliphatic carbocycles. The number of piperazine rings is 1. The van der Waals surface area contributed by atoms with Crippen molar-refractivity contribution >= 4 is 27.7 Å². The second-order valence-electron chi connectivity index (χ2n) is 11.3. The smallest absolute Gasteiger partial charge is 0.419 e. The van der Waals surface area contributed by atoms with Crippen molar-refractivity contribution in [2.45, 2.75) is 26.2 Å². The van der Waals surface area contributed by atoms with Crippen LogP contribution in [0.3, 0.4) is 0 Å². The van der Waals surface area contributed by atoms with E-state index in [0.717, 1.165) is 60.8 Å². The number of H-pyrrole nitrogens is 2. The minimum Gasteiger partial charge on any atom is -0.492 e. The SMILES string of the molecule is CC(C)(C)c1cccc(-c2nc3c(N4CCN(CCOc5ccc6oc(=O)[nH]c(=O)c6c5)CC4)cccc3[nH]2)c1. The molecule has 40 heavy (non-hydrogen) atoms. The summed E-state index contributed by atoms with van der Waals surface area (Å²) in [5.74, 6) is 0.696. The van der Waals surface area contributed by atoms with Gasteiger partial charge in [0, 0.05) is 38.3 Å². The number of benzene rings is 3. The van der Waals surface area contributed by atoms with Gasteiger partial charge in [0.05, 0.1) is 16.6 Å². The van der Waals surface area contributed by atoms with Gasteiger partial charge in [0.1, 0.15) is 29.3 Å². The summed E-state index contributed by atoms with van der Waals surface area (Å²) in [6.07, 6.45) is 0. The van der Waals surface area contributed by atoms with Gasteiger partial charge >= 0.3 is 5.76 Å². The van der Waals surface area contributed by atoms with Gasteiger partial charge in [-0.2, -0.15) is 0 Å². The predicted octanol–water partition coefficient (Wildman–Crippen LogP) is 4.52. The molecule has 0 spiro atoms. The van der Waals surface area contributed by atoms with E-state index in [0.29, 0.717) is 17.7 Å². The van der Waals surface area contributed by atoms with E-state index in [4.69, 9.17) is 14.1 Å². The molecule has 3 aromatic carbocycles. The van der Waals surface area contributed by atoms with Gasteiger partial charge in [-0.3, -0.25) is 14.7 Å². The summed E-state index contributed by atoms with van der Waals surface area (Å²) in [5, 5.41) is 0.295. The molecule has 6 rings (SSSR count). The molecule has 1 saturated heterocycles. The van der Waals surface area contributed by atoms with Crippen LogP contribution in [0.5, 0.6) is 5.75 Å². The van der Waals surface area contributed by atoms with Crippen LogP contribution in [0.1, 0.15) is 26.3 Å². The van der Waals surface area contributed by atoms with Crippen LogP contribution in [0.15, 0.2) is 74.7 Å². The molecular formula is C31H33N5O4. The third kappa shape index (κ3) is 5.24. The highest BCUT2D eigenvalue weighted by Crippen LogP contribution is 2.31. The van der Waals surface area contributed by atoms with Crippen molar-refractivity contribution in [1.82, 2.24) is 19.9 Å². The summed E-state index contributed by atoms with van der Waals surface area (Å²) in [6, 6.07) is 19.8. The van der Waals surface area contributed by atoms with Gasteiger partial charge in [-0.1, -0.05) is 45.0 Å². The third-order valence-electron chi connectivity index (χ3n) is 7.50. The van der Waals surface area contributed by atoms with Gasteiger partial charge < -0.3 is 19.0 Å². The summed E-state index contributed by atoms with van der Waals surface area (Å²) in [7, 11) is 0. The molecule has 206 valence electrons. The number of hydrogen-bond donors (Lipinski definition) is 2. The average Bonchev–Trinajstić information content (AvgIpc) is 3.38. The fourth-order valence-corrected chi connectivity index (χ4v) is 5.20. The van der Waals surface area contributed by atoms with Gasteiger partial charge in [0.15, 0.2) is 0 Å². The lowest BCUT2D eigenvalue weighted by atomic mass is 9.86. The van der Waals surface area contributed by atoms with Crippen molar-refractivity contribution in [3.05, 3.63) is 87.1 Å². The van der Waals surface area contributed by atoms with E-state index < -0.39 is 11.3 Å². The number of anilines is 1. The van der Waals surface area contributed by atoms with E-state index in [1.807, 2.05) is 0 Å². The summed E-state index contributed by atoms with van der Waals surface area (Å²) in [6.45, 7) is 11.5. The van der Waals surface area contributed by atoms with Gasteiger partial charge in [-0.05, 0) is 47.4 Å². The zero-order valence-electron chi connectivity index (χ0n) is 23.0. The molecule has 0 unspecified atom stereocenters. The Balaban J connectivity index is 1.09. The molecule has 0 amide bonds. The fraction of sp³-hybridized carbons (Fsp3) is 0.323. The summed E-state index contributed by atoms with van der Waals surface area (Å²) >= 11 is 0. The number of nitrogens with zero attached hydrogens (tertiary/aromatic N) is 3. The lowest BCUT2D eigenvalue weighted by molar-refractivity contribution is 0.201. The highest BCUT2D eigenvalue weighted by molar-refractivity contribution is 5.91. The van der Waals surface area contributed by atoms with Crippen molar-refractivity contribution in [2.75, 3.05) is 44.2 Å². The zero-order chi connectivity index (χ0) is 27.9. The van der Waals surface area contributed by atoms with E-state index in [9.17, 15) is 9.59 Å². The second-order valence-corrected chi connectivity index (χ2v) is 11.3. The number of para-hydroxylation sites is 1. The number of fused-ring (bicyclic) bond motifs is 2. The first-order valence-corrected chi connectivity index (χ1v) is 13.6. The maximum atomic E-state index is 12.0. The van der Waals surface area contributed by atoms with E-state index in [1.54, 1.807) is 18.2 Å². The summed E-state index contributed by atoms with van der Waals surface area (Å²) < 4.78 is 10.9. The lowest BCUT2D eigenvalue weighted by Gasteiger charge is -2.36. The normalized spacial score (nSPS) is 14.7. The Morgan fingerprint density at radius 2 is 1.75 bits per heavy atom. The minimum atomic E-state index is -0.764. The predicted molar refractivity (Wildman–Crippen MR) is 157 cm³/mol.